The fraction of sp³-hybridized carbons (Fsp3) is 0.526. The van der Waals surface area contributed by atoms with Crippen molar-refractivity contribution in [2.24, 2.45) is 17.8 Å². The third-order valence-corrected chi connectivity index (χ3v) is 5.63. The number of ether oxygens (including phenoxy) is 2. The summed E-state index contributed by atoms with van der Waals surface area (Å²) < 4.78 is 10.6. The Labute approximate surface area is 136 Å². The standard InChI is InChI=1S/C19H23NO3/c1-12(16-9-14-2-5-15(16)8-14)20-19(21)7-4-13-3-6-17-18(10-13)23-11-22-17/h3-4,6-7,10,12,14-16H,2,5,8-9,11H2,1H3,(H,20,21)/b7-4+/t12-,14+,15+,16+/m1/s1. The average molecular weight is 313 g/mol. The van der Waals surface area contributed by atoms with E-state index >= 15 is 0 Å². The molecular formula is C19H23NO3. The highest BCUT2D eigenvalue weighted by Crippen LogP contribution is 2.49. The van der Waals surface area contributed by atoms with Crippen molar-refractivity contribution >= 4 is 12.0 Å². The summed E-state index contributed by atoms with van der Waals surface area (Å²) in [5.41, 5.74) is 0.942. The van der Waals surface area contributed by atoms with Crippen molar-refractivity contribution in [3.8, 4) is 11.5 Å². The first-order valence-electron chi connectivity index (χ1n) is 8.57. The number of benzene rings is 1. The number of hydrogen-bond acceptors (Lipinski definition) is 3. The molecule has 122 valence electrons. The molecule has 2 bridgehead atoms. The molecule has 1 aliphatic heterocycles. The van der Waals surface area contributed by atoms with E-state index in [1.165, 1.54) is 25.7 Å². The zero-order valence-corrected chi connectivity index (χ0v) is 13.5. The summed E-state index contributed by atoms with van der Waals surface area (Å²) in [7, 11) is 0. The summed E-state index contributed by atoms with van der Waals surface area (Å²) in [6.45, 7) is 2.42. The van der Waals surface area contributed by atoms with E-state index in [0.29, 0.717) is 5.92 Å². The van der Waals surface area contributed by atoms with Gasteiger partial charge in [0.1, 0.15) is 0 Å². The first-order chi connectivity index (χ1) is 11.2. The molecule has 0 aromatic heterocycles. The maximum atomic E-state index is 12.2. The van der Waals surface area contributed by atoms with Crippen molar-refractivity contribution in [2.75, 3.05) is 6.79 Å². The zero-order valence-electron chi connectivity index (χ0n) is 13.5. The lowest BCUT2D eigenvalue weighted by molar-refractivity contribution is -0.117. The molecule has 0 saturated heterocycles. The highest BCUT2D eigenvalue weighted by Gasteiger charge is 2.41. The fourth-order valence-electron chi connectivity index (χ4n) is 4.47. The Kier molecular flexibility index (Phi) is 3.76. The normalized spacial score (nSPS) is 29.2. The molecule has 2 fully saturated rings. The van der Waals surface area contributed by atoms with Crippen LogP contribution in [-0.2, 0) is 4.79 Å². The minimum atomic E-state index is -0.0158. The Balaban J connectivity index is 1.34. The van der Waals surface area contributed by atoms with Crippen LogP contribution in [0.2, 0.25) is 0 Å². The van der Waals surface area contributed by atoms with Gasteiger partial charge in [0, 0.05) is 12.1 Å². The van der Waals surface area contributed by atoms with Crippen molar-refractivity contribution in [3.63, 3.8) is 0 Å². The molecule has 1 aromatic carbocycles. The van der Waals surface area contributed by atoms with Gasteiger partial charge in [-0.1, -0.05) is 12.5 Å². The van der Waals surface area contributed by atoms with Crippen molar-refractivity contribution in [1.82, 2.24) is 5.32 Å². The van der Waals surface area contributed by atoms with Gasteiger partial charge in [-0.2, -0.15) is 0 Å². The highest BCUT2D eigenvalue weighted by molar-refractivity contribution is 5.92. The first kappa shape index (κ1) is 14.6. The lowest BCUT2D eigenvalue weighted by Gasteiger charge is -2.28. The lowest BCUT2D eigenvalue weighted by atomic mass is 9.84. The Morgan fingerprint density at radius 1 is 1.26 bits per heavy atom. The Hall–Kier alpha value is -1.97. The van der Waals surface area contributed by atoms with E-state index in [2.05, 4.69) is 12.2 Å². The van der Waals surface area contributed by atoms with E-state index in [4.69, 9.17) is 9.47 Å². The van der Waals surface area contributed by atoms with Gasteiger partial charge >= 0.3 is 0 Å². The first-order valence-corrected chi connectivity index (χ1v) is 8.57. The summed E-state index contributed by atoms with van der Waals surface area (Å²) in [5.74, 6) is 3.88. The molecule has 23 heavy (non-hydrogen) atoms. The largest absolute Gasteiger partial charge is 0.454 e. The van der Waals surface area contributed by atoms with Gasteiger partial charge in [0.25, 0.3) is 0 Å². The van der Waals surface area contributed by atoms with E-state index in [-0.39, 0.29) is 18.7 Å². The number of amides is 1. The SMILES string of the molecule is C[C@@H](NC(=O)/C=C/c1ccc2c(c1)OCO2)[C@@H]1C[C@H]2CC[C@H]1C2. The van der Waals surface area contributed by atoms with E-state index in [0.717, 1.165) is 28.9 Å². The van der Waals surface area contributed by atoms with Gasteiger partial charge in [-0.05, 0) is 67.7 Å². The van der Waals surface area contributed by atoms with Crippen LogP contribution in [0.5, 0.6) is 11.5 Å². The Bertz CT molecular complexity index is 640. The highest BCUT2D eigenvalue weighted by atomic mass is 16.7. The van der Waals surface area contributed by atoms with Gasteiger partial charge in [-0.25, -0.2) is 0 Å². The van der Waals surface area contributed by atoms with Crippen LogP contribution < -0.4 is 14.8 Å². The maximum Gasteiger partial charge on any atom is 0.244 e. The summed E-state index contributed by atoms with van der Waals surface area (Å²) in [5, 5.41) is 3.15. The van der Waals surface area contributed by atoms with Crippen molar-refractivity contribution in [2.45, 2.75) is 38.6 Å². The number of rotatable bonds is 4. The Morgan fingerprint density at radius 2 is 2.13 bits per heavy atom. The molecule has 1 aromatic rings. The Morgan fingerprint density at radius 3 is 2.91 bits per heavy atom. The molecule has 4 atom stereocenters. The smallest absolute Gasteiger partial charge is 0.244 e. The van der Waals surface area contributed by atoms with Gasteiger partial charge < -0.3 is 14.8 Å². The molecule has 1 amide bonds. The average Bonchev–Trinajstić information content (AvgIpc) is 3.28. The molecule has 2 saturated carbocycles. The molecule has 4 nitrogen and oxygen atoms in total. The monoisotopic (exact) mass is 313 g/mol. The third-order valence-electron chi connectivity index (χ3n) is 5.63. The number of fused-ring (bicyclic) bond motifs is 3. The molecule has 3 aliphatic rings. The van der Waals surface area contributed by atoms with E-state index in [1.807, 2.05) is 24.3 Å². The zero-order chi connectivity index (χ0) is 15.8. The minimum absolute atomic E-state index is 0.0158. The maximum absolute atomic E-state index is 12.2. The molecular weight excluding hydrogens is 290 g/mol. The molecule has 1 N–H and O–H groups in total. The topological polar surface area (TPSA) is 47.6 Å². The van der Waals surface area contributed by atoms with Crippen molar-refractivity contribution in [1.29, 1.82) is 0 Å². The summed E-state index contributed by atoms with van der Waals surface area (Å²) >= 11 is 0. The molecule has 0 unspecified atom stereocenters. The molecule has 0 spiro atoms. The third kappa shape index (κ3) is 2.94. The summed E-state index contributed by atoms with van der Waals surface area (Å²) in [6, 6.07) is 5.96. The predicted molar refractivity (Wildman–Crippen MR) is 88.1 cm³/mol. The van der Waals surface area contributed by atoms with Crippen LogP contribution in [0.1, 0.15) is 38.2 Å². The van der Waals surface area contributed by atoms with Crippen LogP contribution in [0, 0.1) is 17.8 Å². The van der Waals surface area contributed by atoms with Crippen LogP contribution in [0.4, 0.5) is 0 Å². The van der Waals surface area contributed by atoms with E-state index in [9.17, 15) is 4.79 Å². The molecule has 0 radical (unpaired) electrons. The van der Waals surface area contributed by atoms with Crippen LogP contribution in [0.25, 0.3) is 6.08 Å². The van der Waals surface area contributed by atoms with Crippen LogP contribution in [0.15, 0.2) is 24.3 Å². The second-order valence-corrected chi connectivity index (χ2v) is 7.08. The number of hydrogen-bond donors (Lipinski definition) is 1. The molecule has 1 heterocycles. The van der Waals surface area contributed by atoms with Gasteiger partial charge in [0.05, 0.1) is 0 Å². The molecule has 4 rings (SSSR count). The van der Waals surface area contributed by atoms with Gasteiger partial charge in [0.15, 0.2) is 11.5 Å². The second kappa shape index (κ2) is 5.91. The fourth-order valence-corrected chi connectivity index (χ4v) is 4.47. The van der Waals surface area contributed by atoms with Gasteiger partial charge in [0.2, 0.25) is 12.7 Å². The molecule has 4 heteroatoms. The number of carbonyl (C=O) groups is 1. The summed E-state index contributed by atoms with van der Waals surface area (Å²) in [4.78, 5) is 12.2. The minimum Gasteiger partial charge on any atom is -0.454 e. The number of carbonyl (C=O) groups excluding carboxylic acids is 1. The van der Waals surface area contributed by atoms with Gasteiger partial charge in [-0.15, -0.1) is 0 Å². The summed E-state index contributed by atoms with van der Waals surface area (Å²) in [6.07, 6.45) is 8.84. The van der Waals surface area contributed by atoms with Crippen molar-refractivity contribution < 1.29 is 14.3 Å². The predicted octanol–water partition coefficient (Wildman–Crippen LogP) is 3.37. The van der Waals surface area contributed by atoms with Crippen LogP contribution in [0.3, 0.4) is 0 Å². The van der Waals surface area contributed by atoms with Crippen molar-refractivity contribution in [3.05, 3.63) is 29.8 Å². The lowest BCUT2D eigenvalue weighted by Crippen LogP contribution is -2.39. The van der Waals surface area contributed by atoms with Gasteiger partial charge in [-0.3, -0.25) is 4.79 Å². The van der Waals surface area contributed by atoms with E-state index in [1.54, 1.807) is 6.08 Å². The van der Waals surface area contributed by atoms with Crippen LogP contribution in [-0.4, -0.2) is 18.7 Å². The quantitative estimate of drug-likeness (QED) is 0.867. The second-order valence-electron chi connectivity index (χ2n) is 7.08. The number of nitrogens with one attached hydrogen (secondary N) is 1. The van der Waals surface area contributed by atoms with Crippen LogP contribution >= 0.6 is 0 Å². The molecule has 2 aliphatic carbocycles. The van der Waals surface area contributed by atoms with E-state index < -0.39 is 0 Å².